The van der Waals surface area contributed by atoms with Crippen molar-refractivity contribution in [2.75, 3.05) is 24.5 Å². The third-order valence-corrected chi connectivity index (χ3v) is 2.63. The van der Waals surface area contributed by atoms with Crippen LogP contribution in [-0.2, 0) is 6.42 Å². The fraction of sp³-hybridized carbons (Fsp3) is 0.500. The summed E-state index contributed by atoms with van der Waals surface area (Å²) < 4.78 is 0. The van der Waals surface area contributed by atoms with Crippen molar-refractivity contribution in [1.82, 2.24) is 0 Å². The highest BCUT2D eigenvalue weighted by atomic mass is 15.1. The molecule has 0 radical (unpaired) electrons. The van der Waals surface area contributed by atoms with Crippen LogP contribution in [0.3, 0.4) is 0 Å². The van der Waals surface area contributed by atoms with Crippen molar-refractivity contribution in [3.8, 4) is 0 Å². The van der Waals surface area contributed by atoms with Crippen LogP contribution < -0.4 is 4.90 Å². The quantitative estimate of drug-likeness (QED) is 0.410. The lowest BCUT2D eigenvalue weighted by molar-refractivity contribution is 0.864. The average Bonchev–Trinajstić information content (AvgIpc) is 2.33. The number of azide groups is 1. The zero-order valence-electron chi connectivity index (χ0n) is 9.93. The second-order valence-electron chi connectivity index (χ2n) is 3.54. The molecule has 0 aliphatic carbocycles. The first-order chi connectivity index (χ1) is 7.81. The summed E-state index contributed by atoms with van der Waals surface area (Å²) in [4.78, 5) is 5.04. The monoisotopic (exact) mass is 218 g/mol. The van der Waals surface area contributed by atoms with E-state index in [1.54, 1.807) is 0 Å². The molecular weight excluding hydrogens is 200 g/mol. The molecule has 0 spiro atoms. The fourth-order valence-corrected chi connectivity index (χ4v) is 1.69. The average molecular weight is 218 g/mol. The van der Waals surface area contributed by atoms with Gasteiger partial charge in [0.15, 0.2) is 0 Å². The second kappa shape index (κ2) is 6.75. The number of rotatable bonds is 6. The Morgan fingerprint density at radius 1 is 1.19 bits per heavy atom. The highest BCUT2D eigenvalue weighted by Crippen LogP contribution is 2.15. The second-order valence-corrected chi connectivity index (χ2v) is 3.54. The van der Waals surface area contributed by atoms with Crippen LogP contribution in [0.25, 0.3) is 10.4 Å². The molecule has 0 bridgehead atoms. The maximum absolute atomic E-state index is 8.18. The Morgan fingerprint density at radius 3 is 2.31 bits per heavy atom. The molecule has 0 heterocycles. The van der Waals surface area contributed by atoms with E-state index in [1.807, 2.05) is 0 Å². The van der Waals surface area contributed by atoms with Gasteiger partial charge in [-0.1, -0.05) is 17.2 Å². The van der Waals surface area contributed by atoms with Crippen LogP contribution in [0.5, 0.6) is 0 Å². The zero-order chi connectivity index (χ0) is 11.8. The molecular formula is C12H18N4. The van der Waals surface area contributed by atoms with Gasteiger partial charge in [0.2, 0.25) is 0 Å². The first-order valence-corrected chi connectivity index (χ1v) is 5.66. The van der Waals surface area contributed by atoms with E-state index in [9.17, 15) is 0 Å². The van der Waals surface area contributed by atoms with Gasteiger partial charge in [0.25, 0.3) is 0 Å². The standard InChI is InChI=1S/C12H18N4/c1-3-16(4-2)12-7-5-11(6-8-12)9-10-14-15-13/h5-8H,3-4,9-10H2,1-2H3. The summed E-state index contributed by atoms with van der Waals surface area (Å²) in [5.41, 5.74) is 10.6. The predicted molar refractivity (Wildman–Crippen MR) is 67.7 cm³/mol. The molecule has 0 amide bonds. The number of benzene rings is 1. The molecule has 0 aliphatic heterocycles. The van der Waals surface area contributed by atoms with Crippen molar-refractivity contribution < 1.29 is 0 Å². The molecule has 0 aromatic heterocycles. The van der Waals surface area contributed by atoms with Gasteiger partial charge in [0.1, 0.15) is 0 Å². The topological polar surface area (TPSA) is 52.0 Å². The van der Waals surface area contributed by atoms with Gasteiger partial charge in [-0.25, -0.2) is 0 Å². The predicted octanol–water partition coefficient (Wildman–Crippen LogP) is 3.39. The number of hydrogen-bond acceptors (Lipinski definition) is 2. The van der Waals surface area contributed by atoms with Gasteiger partial charge in [-0.05, 0) is 43.5 Å². The lowest BCUT2D eigenvalue weighted by Gasteiger charge is -2.21. The van der Waals surface area contributed by atoms with E-state index in [-0.39, 0.29) is 0 Å². The van der Waals surface area contributed by atoms with Gasteiger partial charge in [0, 0.05) is 30.2 Å². The first-order valence-electron chi connectivity index (χ1n) is 5.66. The first kappa shape index (κ1) is 12.4. The molecule has 16 heavy (non-hydrogen) atoms. The Hall–Kier alpha value is -1.67. The Kier molecular flexibility index (Phi) is 5.23. The van der Waals surface area contributed by atoms with Gasteiger partial charge in [0.05, 0.1) is 0 Å². The summed E-state index contributed by atoms with van der Waals surface area (Å²) in [7, 11) is 0. The van der Waals surface area contributed by atoms with Crippen LogP contribution in [0.15, 0.2) is 29.4 Å². The van der Waals surface area contributed by atoms with E-state index >= 15 is 0 Å². The highest BCUT2D eigenvalue weighted by molar-refractivity contribution is 5.47. The van der Waals surface area contributed by atoms with E-state index in [2.05, 4.69) is 53.0 Å². The lowest BCUT2D eigenvalue weighted by Crippen LogP contribution is -2.21. The van der Waals surface area contributed by atoms with Crippen LogP contribution in [-0.4, -0.2) is 19.6 Å². The molecule has 0 unspecified atom stereocenters. The van der Waals surface area contributed by atoms with Crippen molar-refractivity contribution in [3.05, 3.63) is 40.3 Å². The van der Waals surface area contributed by atoms with E-state index in [0.29, 0.717) is 6.54 Å². The SMILES string of the molecule is CCN(CC)c1ccc(CCN=[N+]=[N-])cc1. The Balaban J connectivity index is 2.63. The third-order valence-electron chi connectivity index (χ3n) is 2.63. The maximum atomic E-state index is 8.18. The minimum absolute atomic E-state index is 0.529. The molecule has 0 N–H and O–H groups in total. The van der Waals surface area contributed by atoms with E-state index in [4.69, 9.17) is 5.53 Å². The molecule has 1 rings (SSSR count). The Labute approximate surface area is 96.5 Å². The normalized spacial score (nSPS) is 9.62. The van der Waals surface area contributed by atoms with Crippen molar-refractivity contribution in [1.29, 1.82) is 0 Å². The summed E-state index contributed by atoms with van der Waals surface area (Å²) in [5, 5.41) is 3.53. The van der Waals surface area contributed by atoms with Gasteiger partial charge in [-0.2, -0.15) is 0 Å². The Bertz CT molecular complexity index is 348. The third kappa shape index (κ3) is 3.48. The molecule has 0 fully saturated rings. The van der Waals surface area contributed by atoms with Gasteiger partial charge in [-0.15, -0.1) is 0 Å². The maximum Gasteiger partial charge on any atom is 0.0366 e. The van der Waals surface area contributed by atoms with Crippen LogP contribution in [0.4, 0.5) is 5.69 Å². The molecule has 0 aliphatic rings. The van der Waals surface area contributed by atoms with Crippen LogP contribution in [0.2, 0.25) is 0 Å². The van der Waals surface area contributed by atoms with Crippen LogP contribution >= 0.6 is 0 Å². The molecule has 1 aromatic carbocycles. The van der Waals surface area contributed by atoms with Gasteiger partial charge < -0.3 is 4.90 Å². The largest absolute Gasteiger partial charge is 0.372 e. The molecule has 4 heteroatoms. The summed E-state index contributed by atoms with van der Waals surface area (Å²) >= 11 is 0. The summed E-state index contributed by atoms with van der Waals surface area (Å²) in [6.07, 6.45) is 0.808. The highest BCUT2D eigenvalue weighted by Gasteiger charge is 2.00. The van der Waals surface area contributed by atoms with Crippen LogP contribution in [0.1, 0.15) is 19.4 Å². The van der Waals surface area contributed by atoms with Crippen molar-refractivity contribution in [2.45, 2.75) is 20.3 Å². The van der Waals surface area contributed by atoms with Crippen LogP contribution in [0, 0.1) is 0 Å². The van der Waals surface area contributed by atoms with E-state index < -0.39 is 0 Å². The van der Waals surface area contributed by atoms with Gasteiger partial charge in [-0.3, -0.25) is 0 Å². The minimum atomic E-state index is 0.529. The Morgan fingerprint density at radius 2 is 1.81 bits per heavy atom. The van der Waals surface area contributed by atoms with Gasteiger partial charge >= 0.3 is 0 Å². The summed E-state index contributed by atoms with van der Waals surface area (Å²) in [5.74, 6) is 0. The number of anilines is 1. The zero-order valence-corrected chi connectivity index (χ0v) is 9.93. The van der Waals surface area contributed by atoms with Crippen molar-refractivity contribution in [3.63, 3.8) is 0 Å². The minimum Gasteiger partial charge on any atom is -0.372 e. The molecule has 0 saturated heterocycles. The number of hydrogen-bond donors (Lipinski definition) is 0. The molecule has 0 atom stereocenters. The molecule has 86 valence electrons. The lowest BCUT2D eigenvalue weighted by atomic mass is 10.1. The summed E-state index contributed by atoms with van der Waals surface area (Å²) in [6, 6.07) is 8.44. The molecule has 0 saturated carbocycles. The van der Waals surface area contributed by atoms with Crippen molar-refractivity contribution in [2.24, 2.45) is 5.11 Å². The number of nitrogens with zero attached hydrogens (tertiary/aromatic N) is 4. The van der Waals surface area contributed by atoms with E-state index in [1.165, 1.54) is 11.3 Å². The molecule has 4 nitrogen and oxygen atoms in total. The van der Waals surface area contributed by atoms with E-state index in [0.717, 1.165) is 19.5 Å². The smallest absolute Gasteiger partial charge is 0.0366 e. The van der Waals surface area contributed by atoms with Crippen molar-refractivity contribution >= 4 is 5.69 Å². The summed E-state index contributed by atoms with van der Waals surface area (Å²) in [6.45, 7) is 6.88. The molecule has 1 aromatic rings. The fourth-order valence-electron chi connectivity index (χ4n) is 1.69.